The van der Waals surface area contributed by atoms with E-state index in [2.05, 4.69) is 20.4 Å². The van der Waals surface area contributed by atoms with Crippen LogP contribution < -0.4 is 16.8 Å². The fourth-order valence-corrected chi connectivity index (χ4v) is 3.05. The van der Waals surface area contributed by atoms with Gasteiger partial charge in [0.2, 0.25) is 5.95 Å². The van der Waals surface area contributed by atoms with Gasteiger partial charge in [-0.05, 0) is 25.0 Å². The highest BCUT2D eigenvalue weighted by Gasteiger charge is 2.29. The maximum atomic E-state index is 5.87. The largest absolute Gasteiger partial charge is 0.368 e. The summed E-state index contributed by atoms with van der Waals surface area (Å²) in [5, 5.41) is 7.70. The summed E-state index contributed by atoms with van der Waals surface area (Å²) in [5.74, 6) is 1.41. The van der Waals surface area contributed by atoms with Crippen LogP contribution in [0.1, 0.15) is 30.0 Å². The number of halogens is 2. The van der Waals surface area contributed by atoms with E-state index in [1.807, 2.05) is 53.5 Å². The van der Waals surface area contributed by atoms with Crippen LogP contribution in [0.25, 0.3) is 5.69 Å². The number of rotatable bonds is 5. The molecule has 7 nitrogen and oxygen atoms in total. The van der Waals surface area contributed by atoms with Crippen molar-refractivity contribution in [3.63, 3.8) is 0 Å². The van der Waals surface area contributed by atoms with Gasteiger partial charge < -0.3 is 16.8 Å². The van der Waals surface area contributed by atoms with Gasteiger partial charge in [-0.2, -0.15) is 10.1 Å². The molecule has 1 aliphatic carbocycles. The van der Waals surface area contributed by atoms with E-state index in [1.54, 1.807) is 0 Å². The van der Waals surface area contributed by atoms with Crippen molar-refractivity contribution in [3.8, 4) is 5.69 Å². The maximum Gasteiger partial charge on any atom is 0.222 e. The first-order chi connectivity index (χ1) is 12.2. The molecule has 1 aromatic carbocycles. The summed E-state index contributed by atoms with van der Waals surface area (Å²) in [6, 6.07) is 12.3. The maximum absolute atomic E-state index is 5.87. The lowest BCUT2D eigenvalue weighted by molar-refractivity contribution is 0.345. The van der Waals surface area contributed by atoms with Crippen molar-refractivity contribution in [2.75, 3.05) is 11.1 Å². The highest BCUT2D eigenvalue weighted by molar-refractivity contribution is 5.85. The van der Waals surface area contributed by atoms with Crippen LogP contribution in [-0.2, 0) is 6.54 Å². The second-order valence-electron chi connectivity index (χ2n) is 6.45. The van der Waals surface area contributed by atoms with Crippen LogP contribution in [0.3, 0.4) is 0 Å². The molecule has 5 N–H and O–H groups in total. The Kier molecular flexibility index (Phi) is 7.01. The van der Waals surface area contributed by atoms with Crippen LogP contribution in [0.2, 0.25) is 0 Å². The fourth-order valence-electron chi connectivity index (χ4n) is 3.05. The lowest BCUT2D eigenvalue weighted by Crippen LogP contribution is -2.35. The molecule has 0 bridgehead atoms. The summed E-state index contributed by atoms with van der Waals surface area (Å²) in [4.78, 5) is 8.61. The number of anilines is 2. The summed E-state index contributed by atoms with van der Waals surface area (Å²) in [6.07, 6.45) is 5.76. The standard InChI is InChI=1S/C18H21N7.2ClH/c19-14-6-13(7-14)16-8-17(24-18(20)23-16)21-9-12-10-22-25(11-12)15-4-2-1-3-5-15;;/h1-5,8,10-11,13-14H,6-7,9,19H2,(H3,20,21,23,24);2*1H. The molecule has 0 spiro atoms. The Balaban J connectivity index is 0.00000131. The van der Waals surface area contributed by atoms with Crippen LogP contribution in [0.5, 0.6) is 0 Å². The van der Waals surface area contributed by atoms with Crippen molar-refractivity contribution in [1.29, 1.82) is 0 Å². The zero-order chi connectivity index (χ0) is 17.2. The van der Waals surface area contributed by atoms with Crippen LogP contribution in [-0.4, -0.2) is 25.8 Å². The summed E-state index contributed by atoms with van der Waals surface area (Å²) in [6.45, 7) is 0.618. The van der Waals surface area contributed by atoms with E-state index in [0.717, 1.165) is 35.6 Å². The molecule has 2 heterocycles. The van der Waals surface area contributed by atoms with E-state index in [-0.39, 0.29) is 30.9 Å². The van der Waals surface area contributed by atoms with Gasteiger partial charge in [0.05, 0.1) is 17.6 Å². The fraction of sp³-hybridized carbons (Fsp3) is 0.278. The molecular formula is C18H23Cl2N7. The van der Waals surface area contributed by atoms with Crippen LogP contribution in [0.4, 0.5) is 11.8 Å². The summed E-state index contributed by atoms with van der Waals surface area (Å²) in [7, 11) is 0. The normalized spacial score (nSPS) is 18.0. The molecule has 1 aliphatic rings. The highest BCUT2D eigenvalue weighted by Crippen LogP contribution is 2.35. The molecule has 9 heteroatoms. The Labute approximate surface area is 170 Å². The number of nitrogens with zero attached hydrogens (tertiary/aromatic N) is 4. The van der Waals surface area contributed by atoms with Crippen LogP contribution >= 0.6 is 24.8 Å². The minimum Gasteiger partial charge on any atom is -0.368 e. The number of nitrogens with one attached hydrogen (secondary N) is 1. The minimum absolute atomic E-state index is 0. The Bertz CT molecular complexity index is 863. The molecule has 4 rings (SSSR count). The minimum atomic E-state index is 0. The van der Waals surface area contributed by atoms with Gasteiger partial charge in [0, 0.05) is 36.3 Å². The van der Waals surface area contributed by atoms with Crippen LogP contribution in [0.15, 0.2) is 48.8 Å². The van der Waals surface area contributed by atoms with Crippen molar-refractivity contribution in [2.45, 2.75) is 31.3 Å². The number of benzene rings is 1. The van der Waals surface area contributed by atoms with E-state index in [1.165, 1.54) is 0 Å². The van der Waals surface area contributed by atoms with Crippen molar-refractivity contribution >= 4 is 36.6 Å². The molecule has 2 aromatic heterocycles. The van der Waals surface area contributed by atoms with Crippen molar-refractivity contribution < 1.29 is 0 Å². The van der Waals surface area contributed by atoms with E-state index >= 15 is 0 Å². The third-order valence-electron chi connectivity index (χ3n) is 4.49. The molecule has 0 atom stereocenters. The Morgan fingerprint density at radius 2 is 1.85 bits per heavy atom. The zero-order valence-electron chi connectivity index (χ0n) is 14.7. The van der Waals surface area contributed by atoms with Crippen molar-refractivity contribution in [2.24, 2.45) is 5.73 Å². The molecule has 0 saturated heterocycles. The molecule has 27 heavy (non-hydrogen) atoms. The quantitative estimate of drug-likeness (QED) is 0.599. The number of para-hydroxylation sites is 1. The summed E-state index contributed by atoms with van der Waals surface area (Å²) >= 11 is 0. The van der Waals surface area contributed by atoms with Gasteiger partial charge in [-0.15, -0.1) is 24.8 Å². The number of hydrogen-bond acceptors (Lipinski definition) is 6. The van der Waals surface area contributed by atoms with Gasteiger partial charge in [0.25, 0.3) is 0 Å². The first-order valence-corrected chi connectivity index (χ1v) is 8.40. The van der Waals surface area contributed by atoms with Gasteiger partial charge in [-0.25, -0.2) is 9.67 Å². The molecule has 1 saturated carbocycles. The van der Waals surface area contributed by atoms with Gasteiger partial charge in [-0.3, -0.25) is 0 Å². The average molecular weight is 408 g/mol. The zero-order valence-corrected chi connectivity index (χ0v) is 16.3. The van der Waals surface area contributed by atoms with E-state index in [4.69, 9.17) is 11.5 Å². The van der Waals surface area contributed by atoms with Crippen LogP contribution in [0, 0.1) is 0 Å². The SMILES string of the molecule is Cl.Cl.Nc1nc(NCc2cnn(-c3ccccc3)c2)cc(C2CC(N)C2)n1. The lowest BCUT2D eigenvalue weighted by atomic mass is 9.78. The highest BCUT2D eigenvalue weighted by atomic mass is 35.5. The average Bonchev–Trinajstić information content (AvgIpc) is 3.06. The third kappa shape index (κ3) is 4.88. The van der Waals surface area contributed by atoms with Crippen molar-refractivity contribution in [3.05, 3.63) is 60.0 Å². The van der Waals surface area contributed by atoms with E-state index in [0.29, 0.717) is 18.4 Å². The van der Waals surface area contributed by atoms with Gasteiger partial charge in [0.1, 0.15) is 5.82 Å². The Hall–Kier alpha value is -2.35. The summed E-state index contributed by atoms with van der Waals surface area (Å²) < 4.78 is 1.85. The molecule has 1 fully saturated rings. The number of nitrogens with two attached hydrogens (primary N) is 2. The molecule has 0 unspecified atom stereocenters. The number of nitrogen functional groups attached to an aromatic ring is 1. The van der Waals surface area contributed by atoms with Crippen molar-refractivity contribution in [1.82, 2.24) is 19.7 Å². The molecular weight excluding hydrogens is 385 g/mol. The second-order valence-corrected chi connectivity index (χ2v) is 6.45. The molecule has 3 aromatic rings. The summed E-state index contributed by atoms with van der Waals surface area (Å²) in [5.41, 5.74) is 14.8. The number of hydrogen-bond donors (Lipinski definition) is 3. The Morgan fingerprint density at radius 1 is 1.11 bits per heavy atom. The van der Waals surface area contributed by atoms with Gasteiger partial charge in [0.15, 0.2) is 0 Å². The monoisotopic (exact) mass is 407 g/mol. The topological polar surface area (TPSA) is 108 Å². The predicted octanol–water partition coefficient (Wildman–Crippen LogP) is 2.90. The molecule has 144 valence electrons. The first kappa shape index (κ1) is 21.0. The Morgan fingerprint density at radius 3 is 2.56 bits per heavy atom. The predicted molar refractivity (Wildman–Crippen MR) is 112 cm³/mol. The van der Waals surface area contributed by atoms with Gasteiger partial charge in [-0.1, -0.05) is 18.2 Å². The lowest BCUT2D eigenvalue weighted by Gasteiger charge is -2.32. The molecule has 0 radical (unpaired) electrons. The third-order valence-corrected chi connectivity index (χ3v) is 4.49. The second kappa shape index (κ2) is 9.03. The number of aromatic nitrogens is 4. The first-order valence-electron chi connectivity index (χ1n) is 8.40. The van der Waals surface area contributed by atoms with E-state index in [9.17, 15) is 0 Å². The molecule has 0 amide bonds. The van der Waals surface area contributed by atoms with E-state index < -0.39 is 0 Å². The smallest absolute Gasteiger partial charge is 0.222 e. The van der Waals surface area contributed by atoms with Gasteiger partial charge >= 0.3 is 0 Å². The molecule has 0 aliphatic heterocycles.